The number of rotatable bonds is 0. The smallest absolute Gasteiger partial charge is 0.410 e. The minimum Gasteiger partial charge on any atom is -0.444 e. The molecule has 2 atom stereocenters. The van der Waals surface area contributed by atoms with Gasteiger partial charge in [-0.15, -0.1) is 0 Å². The van der Waals surface area contributed by atoms with E-state index < -0.39 is 0 Å². The van der Waals surface area contributed by atoms with Gasteiger partial charge < -0.3 is 15.0 Å². The van der Waals surface area contributed by atoms with Crippen LogP contribution in [0.25, 0.3) is 0 Å². The summed E-state index contributed by atoms with van der Waals surface area (Å²) in [6.07, 6.45) is 1.98. The summed E-state index contributed by atoms with van der Waals surface area (Å²) in [5.41, 5.74) is -0.389. The molecule has 2 saturated heterocycles. The Bertz CT molecular complexity index is 260. The molecule has 2 heterocycles. The fourth-order valence-corrected chi connectivity index (χ4v) is 2.29. The van der Waals surface area contributed by atoms with Crippen LogP contribution >= 0.6 is 0 Å². The highest BCUT2D eigenvalue weighted by Crippen LogP contribution is 2.24. The van der Waals surface area contributed by atoms with Crippen molar-refractivity contribution in [1.82, 2.24) is 10.2 Å². The Morgan fingerprint density at radius 1 is 1.47 bits per heavy atom. The molecule has 0 saturated carbocycles. The number of nitrogens with zero attached hydrogens (tertiary/aromatic N) is 1. The SMILES string of the molecule is CC(C)(C)OC(=O)N1CC[C@H]2C[C@@H]1CN2. The predicted molar refractivity (Wildman–Crippen MR) is 57.8 cm³/mol. The Hall–Kier alpha value is -0.770. The van der Waals surface area contributed by atoms with Crippen LogP contribution in [-0.2, 0) is 4.74 Å². The summed E-state index contributed by atoms with van der Waals surface area (Å²) in [5.74, 6) is 0. The molecule has 2 fully saturated rings. The number of likely N-dealkylation sites (tertiary alicyclic amines) is 1. The molecule has 4 heteroatoms. The maximum absolute atomic E-state index is 11.9. The lowest BCUT2D eigenvalue weighted by Gasteiger charge is -2.34. The quantitative estimate of drug-likeness (QED) is 0.659. The molecule has 0 aromatic carbocycles. The van der Waals surface area contributed by atoms with E-state index in [0.717, 1.165) is 25.9 Å². The van der Waals surface area contributed by atoms with Crippen LogP contribution in [0.3, 0.4) is 0 Å². The van der Waals surface area contributed by atoms with Gasteiger partial charge in [0, 0.05) is 25.2 Å². The van der Waals surface area contributed by atoms with Gasteiger partial charge in [-0.25, -0.2) is 4.79 Å². The fourth-order valence-electron chi connectivity index (χ4n) is 2.29. The van der Waals surface area contributed by atoms with E-state index in [1.54, 1.807) is 0 Å². The standard InChI is InChI=1S/C11H20N2O2/c1-11(2,3)15-10(14)13-5-4-8-6-9(13)7-12-8/h8-9,12H,4-7H2,1-3H3/t8-,9+/m0/s1. The van der Waals surface area contributed by atoms with Gasteiger partial charge >= 0.3 is 6.09 Å². The summed E-state index contributed by atoms with van der Waals surface area (Å²) < 4.78 is 5.39. The van der Waals surface area contributed by atoms with Gasteiger partial charge in [-0.05, 0) is 33.6 Å². The van der Waals surface area contributed by atoms with E-state index in [1.807, 2.05) is 25.7 Å². The maximum Gasteiger partial charge on any atom is 0.410 e. The summed E-state index contributed by atoms with van der Waals surface area (Å²) in [6, 6.07) is 0.965. The second-order valence-corrected chi connectivity index (χ2v) is 5.46. The van der Waals surface area contributed by atoms with Gasteiger partial charge in [-0.2, -0.15) is 0 Å². The molecule has 2 aliphatic rings. The fraction of sp³-hybridized carbons (Fsp3) is 0.909. The number of nitrogens with one attached hydrogen (secondary N) is 1. The Labute approximate surface area is 91.0 Å². The first kappa shape index (κ1) is 10.7. The van der Waals surface area contributed by atoms with Crippen LogP contribution in [0.1, 0.15) is 33.6 Å². The predicted octanol–water partition coefficient (Wildman–Crippen LogP) is 1.36. The second kappa shape index (κ2) is 3.67. The van der Waals surface area contributed by atoms with Crippen LogP contribution in [0.2, 0.25) is 0 Å². The van der Waals surface area contributed by atoms with Crippen LogP contribution in [0.4, 0.5) is 4.79 Å². The number of ether oxygens (including phenoxy) is 1. The monoisotopic (exact) mass is 212 g/mol. The summed E-state index contributed by atoms with van der Waals surface area (Å²) >= 11 is 0. The van der Waals surface area contributed by atoms with Crippen molar-refractivity contribution < 1.29 is 9.53 Å². The largest absolute Gasteiger partial charge is 0.444 e. The third-order valence-electron chi connectivity index (χ3n) is 2.99. The van der Waals surface area contributed by atoms with Gasteiger partial charge in [0.1, 0.15) is 5.60 Å². The lowest BCUT2D eigenvalue weighted by molar-refractivity contribution is 0.0142. The molecule has 0 aromatic heterocycles. The molecule has 1 N–H and O–H groups in total. The molecule has 0 unspecified atom stereocenters. The molecule has 2 aliphatic heterocycles. The molecule has 0 radical (unpaired) electrons. The maximum atomic E-state index is 11.9. The van der Waals surface area contributed by atoms with Gasteiger partial charge in [-0.3, -0.25) is 0 Å². The molecular weight excluding hydrogens is 192 g/mol. The highest BCUT2D eigenvalue weighted by molar-refractivity contribution is 5.68. The van der Waals surface area contributed by atoms with E-state index in [9.17, 15) is 4.79 Å². The van der Waals surface area contributed by atoms with Crippen molar-refractivity contribution in [2.75, 3.05) is 13.1 Å². The van der Waals surface area contributed by atoms with Crippen LogP contribution in [-0.4, -0.2) is 41.8 Å². The Morgan fingerprint density at radius 3 is 2.87 bits per heavy atom. The lowest BCUT2D eigenvalue weighted by atomic mass is 10.0. The van der Waals surface area contributed by atoms with Crippen molar-refractivity contribution in [3.63, 3.8) is 0 Å². The summed E-state index contributed by atoms with van der Waals surface area (Å²) in [4.78, 5) is 13.8. The number of carbonyl (C=O) groups is 1. The normalized spacial score (nSPS) is 30.5. The van der Waals surface area contributed by atoms with Crippen molar-refractivity contribution in [3.8, 4) is 0 Å². The summed E-state index contributed by atoms with van der Waals surface area (Å²) in [5, 5.41) is 3.42. The molecule has 86 valence electrons. The zero-order valence-electron chi connectivity index (χ0n) is 9.75. The van der Waals surface area contributed by atoms with Gasteiger partial charge in [0.05, 0.1) is 0 Å². The van der Waals surface area contributed by atoms with Gasteiger partial charge in [0.2, 0.25) is 0 Å². The van der Waals surface area contributed by atoms with Crippen molar-refractivity contribution in [1.29, 1.82) is 0 Å². The first-order valence-electron chi connectivity index (χ1n) is 5.69. The van der Waals surface area contributed by atoms with Crippen molar-refractivity contribution in [2.45, 2.75) is 51.3 Å². The second-order valence-electron chi connectivity index (χ2n) is 5.46. The van der Waals surface area contributed by atoms with Gasteiger partial charge in [0.25, 0.3) is 0 Å². The van der Waals surface area contributed by atoms with Crippen molar-refractivity contribution >= 4 is 6.09 Å². The molecule has 0 spiro atoms. The average molecular weight is 212 g/mol. The average Bonchev–Trinajstić information content (AvgIpc) is 2.45. The minimum atomic E-state index is -0.389. The van der Waals surface area contributed by atoms with Gasteiger partial charge in [0.15, 0.2) is 0 Å². The first-order chi connectivity index (χ1) is 6.96. The zero-order chi connectivity index (χ0) is 11.1. The topological polar surface area (TPSA) is 41.6 Å². The third kappa shape index (κ3) is 2.43. The molecule has 0 aliphatic carbocycles. The highest BCUT2D eigenvalue weighted by Gasteiger charge is 2.37. The molecule has 2 rings (SSSR count). The number of carbonyl (C=O) groups excluding carboxylic acids is 1. The highest BCUT2D eigenvalue weighted by atomic mass is 16.6. The van der Waals surface area contributed by atoms with Gasteiger partial charge in [-0.1, -0.05) is 0 Å². The minimum absolute atomic E-state index is 0.158. The van der Waals surface area contributed by atoms with Crippen LogP contribution < -0.4 is 5.32 Å². The van der Waals surface area contributed by atoms with Crippen LogP contribution in [0.15, 0.2) is 0 Å². The molecule has 15 heavy (non-hydrogen) atoms. The third-order valence-corrected chi connectivity index (χ3v) is 2.99. The van der Waals surface area contributed by atoms with E-state index in [-0.39, 0.29) is 11.7 Å². The number of hydrogen-bond acceptors (Lipinski definition) is 3. The number of amides is 1. The summed E-state index contributed by atoms with van der Waals surface area (Å²) in [7, 11) is 0. The van der Waals surface area contributed by atoms with Crippen molar-refractivity contribution in [3.05, 3.63) is 0 Å². The molecule has 1 amide bonds. The first-order valence-corrected chi connectivity index (χ1v) is 5.69. The van der Waals surface area contributed by atoms with E-state index in [2.05, 4.69) is 5.32 Å². The molecule has 2 bridgehead atoms. The van der Waals surface area contributed by atoms with E-state index >= 15 is 0 Å². The number of piperidine rings is 1. The number of fused-ring (bicyclic) bond motifs is 2. The lowest BCUT2D eigenvalue weighted by Crippen LogP contribution is -2.46. The van der Waals surface area contributed by atoms with E-state index in [0.29, 0.717) is 12.1 Å². The summed E-state index contributed by atoms with van der Waals surface area (Å²) in [6.45, 7) is 7.47. The van der Waals surface area contributed by atoms with E-state index in [1.165, 1.54) is 0 Å². The number of hydrogen-bond donors (Lipinski definition) is 1. The molecule has 4 nitrogen and oxygen atoms in total. The molecule has 0 aromatic rings. The van der Waals surface area contributed by atoms with Crippen LogP contribution in [0, 0.1) is 0 Å². The van der Waals surface area contributed by atoms with E-state index in [4.69, 9.17) is 4.74 Å². The Morgan fingerprint density at radius 2 is 2.20 bits per heavy atom. The Kier molecular flexibility index (Phi) is 2.63. The molecular formula is C11H20N2O2. The van der Waals surface area contributed by atoms with Crippen LogP contribution in [0.5, 0.6) is 0 Å². The Balaban J connectivity index is 1.95. The van der Waals surface area contributed by atoms with Crippen molar-refractivity contribution in [2.24, 2.45) is 0 Å². The zero-order valence-corrected chi connectivity index (χ0v) is 9.75.